The van der Waals surface area contributed by atoms with Crippen LogP contribution in [0.15, 0.2) is 65.2 Å². The second-order valence-electron chi connectivity index (χ2n) is 6.33. The van der Waals surface area contributed by atoms with E-state index in [1.54, 1.807) is 32.2 Å². The van der Waals surface area contributed by atoms with Crippen LogP contribution in [0.2, 0.25) is 0 Å². The Kier molecular flexibility index (Phi) is 7.13. The van der Waals surface area contributed by atoms with E-state index in [0.717, 1.165) is 16.9 Å². The molecule has 2 aromatic carbocycles. The molecule has 0 radical (unpaired) electrons. The number of hydrogen-bond donors (Lipinski definition) is 3. The van der Waals surface area contributed by atoms with Gasteiger partial charge in [0.2, 0.25) is 5.91 Å². The standard InChI is InChI=1S/C22H20N4O4S/c1-14-19(20(26-30-14)16-6-4-3-5-7-16)21(28)24-25-22(31)23-18(27)13-10-15-8-11-17(29-2)12-9-15/h3-13H,1-2H3,(H,24,28)(H2,23,25,27,31). The lowest BCUT2D eigenvalue weighted by molar-refractivity contribution is -0.115. The van der Waals surface area contributed by atoms with Crippen molar-refractivity contribution in [3.63, 3.8) is 0 Å². The summed E-state index contributed by atoms with van der Waals surface area (Å²) in [7, 11) is 1.58. The number of nitrogens with zero attached hydrogens (tertiary/aromatic N) is 1. The molecule has 3 N–H and O–H groups in total. The van der Waals surface area contributed by atoms with E-state index in [-0.39, 0.29) is 10.7 Å². The fourth-order valence-electron chi connectivity index (χ4n) is 2.68. The summed E-state index contributed by atoms with van der Waals surface area (Å²) in [5, 5.41) is 6.35. The smallest absolute Gasteiger partial charge is 0.275 e. The molecular weight excluding hydrogens is 416 g/mol. The topological polar surface area (TPSA) is 105 Å². The quantitative estimate of drug-likeness (QED) is 0.321. The van der Waals surface area contributed by atoms with Crippen LogP contribution < -0.4 is 20.9 Å². The minimum absolute atomic E-state index is 0.0619. The van der Waals surface area contributed by atoms with E-state index in [9.17, 15) is 9.59 Å². The van der Waals surface area contributed by atoms with Crippen LogP contribution in [-0.4, -0.2) is 29.2 Å². The Morgan fingerprint density at radius 1 is 1.06 bits per heavy atom. The molecule has 1 aromatic heterocycles. The van der Waals surface area contributed by atoms with Gasteiger partial charge >= 0.3 is 0 Å². The number of thiocarbonyl (C=S) groups is 1. The summed E-state index contributed by atoms with van der Waals surface area (Å²) >= 11 is 5.05. The van der Waals surface area contributed by atoms with E-state index in [4.69, 9.17) is 21.5 Å². The number of nitrogens with one attached hydrogen (secondary N) is 3. The number of amides is 2. The fourth-order valence-corrected chi connectivity index (χ4v) is 2.83. The lowest BCUT2D eigenvalue weighted by Gasteiger charge is -2.10. The zero-order chi connectivity index (χ0) is 22.2. The lowest BCUT2D eigenvalue weighted by atomic mass is 10.1. The van der Waals surface area contributed by atoms with Gasteiger partial charge in [-0.1, -0.05) is 47.6 Å². The number of hydrogen-bond acceptors (Lipinski definition) is 6. The first-order valence-electron chi connectivity index (χ1n) is 9.23. The van der Waals surface area contributed by atoms with Crippen LogP contribution in [0.25, 0.3) is 17.3 Å². The summed E-state index contributed by atoms with van der Waals surface area (Å²) in [6.45, 7) is 1.64. The first kappa shape index (κ1) is 21.7. The van der Waals surface area contributed by atoms with Gasteiger partial charge in [0, 0.05) is 11.6 Å². The van der Waals surface area contributed by atoms with E-state index < -0.39 is 11.8 Å². The Morgan fingerprint density at radius 3 is 2.45 bits per heavy atom. The molecule has 3 aromatic rings. The molecule has 8 nitrogen and oxygen atoms in total. The highest BCUT2D eigenvalue weighted by atomic mass is 32.1. The van der Waals surface area contributed by atoms with Crippen LogP contribution in [0.3, 0.4) is 0 Å². The molecule has 0 bridgehead atoms. The van der Waals surface area contributed by atoms with Crippen molar-refractivity contribution in [2.45, 2.75) is 6.92 Å². The number of carbonyl (C=O) groups is 2. The molecule has 9 heteroatoms. The average Bonchev–Trinajstić information content (AvgIpc) is 3.18. The Balaban J connectivity index is 1.55. The highest BCUT2D eigenvalue weighted by Crippen LogP contribution is 2.24. The zero-order valence-electron chi connectivity index (χ0n) is 16.8. The monoisotopic (exact) mass is 436 g/mol. The fraction of sp³-hybridized carbons (Fsp3) is 0.0909. The van der Waals surface area contributed by atoms with Crippen molar-refractivity contribution in [1.29, 1.82) is 0 Å². The van der Waals surface area contributed by atoms with Crippen molar-refractivity contribution in [2.75, 3.05) is 7.11 Å². The molecule has 0 aliphatic carbocycles. The number of aryl methyl sites for hydroxylation is 1. The van der Waals surface area contributed by atoms with Crippen LogP contribution in [0.1, 0.15) is 21.7 Å². The van der Waals surface area contributed by atoms with Gasteiger partial charge < -0.3 is 9.26 Å². The van der Waals surface area contributed by atoms with E-state index in [0.29, 0.717) is 11.5 Å². The molecule has 0 unspecified atom stereocenters. The number of aromatic nitrogens is 1. The van der Waals surface area contributed by atoms with E-state index in [1.165, 1.54) is 6.08 Å². The molecule has 0 fully saturated rings. The van der Waals surface area contributed by atoms with Gasteiger partial charge in [0.15, 0.2) is 5.11 Å². The third kappa shape index (κ3) is 5.77. The van der Waals surface area contributed by atoms with Gasteiger partial charge in [0.25, 0.3) is 5.91 Å². The van der Waals surface area contributed by atoms with Gasteiger partial charge in [-0.15, -0.1) is 0 Å². The van der Waals surface area contributed by atoms with Crippen molar-refractivity contribution in [3.05, 3.63) is 77.6 Å². The Hall–Kier alpha value is -3.98. The molecule has 0 saturated heterocycles. The minimum Gasteiger partial charge on any atom is -0.497 e. The molecule has 31 heavy (non-hydrogen) atoms. The molecule has 0 aliphatic heterocycles. The largest absolute Gasteiger partial charge is 0.497 e. The third-order valence-electron chi connectivity index (χ3n) is 4.21. The predicted molar refractivity (Wildman–Crippen MR) is 120 cm³/mol. The van der Waals surface area contributed by atoms with Gasteiger partial charge in [-0.3, -0.25) is 25.8 Å². The van der Waals surface area contributed by atoms with Crippen molar-refractivity contribution < 1.29 is 18.8 Å². The van der Waals surface area contributed by atoms with Gasteiger partial charge in [0.1, 0.15) is 22.8 Å². The number of benzene rings is 2. The summed E-state index contributed by atoms with van der Waals surface area (Å²) in [5.74, 6) is 0.133. The maximum absolute atomic E-state index is 12.6. The number of ether oxygens (including phenoxy) is 1. The number of hydrazine groups is 1. The molecule has 0 spiro atoms. The molecule has 2 amide bonds. The molecule has 3 rings (SSSR count). The second-order valence-corrected chi connectivity index (χ2v) is 6.74. The molecule has 1 heterocycles. The number of methoxy groups -OCH3 is 1. The highest BCUT2D eigenvalue weighted by molar-refractivity contribution is 7.80. The Morgan fingerprint density at radius 2 is 1.77 bits per heavy atom. The average molecular weight is 436 g/mol. The normalized spacial score (nSPS) is 10.5. The van der Waals surface area contributed by atoms with Gasteiger partial charge in [-0.2, -0.15) is 0 Å². The van der Waals surface area contributed by atoms with Crippen molar-refractivity contribution in [1.82, 2.24) is 21.3 Å². The predicted octanol–water partition coefficient (Wildman–Crippen LogP) is 3.01. The SMILES string of the molecule is COc1ccc(C=CC(=O)NC(=S)NNC(=O)c2c(-c3ccccc3)noc2C)cc1. The van der Waals surface area contributed by atoms with Gasteiger partial charge in [0.05, 0.1) is 7.11 Å². The van der Waals surface area contributed by atoms with Crippen LogP contribution >= 0.6 is 12.2 Å². The Labute approximate surface area is 184 Å². The Bertz CT molecular complexity index is 1110. The third-order valence-corrected chi connectivity index (χ3v) is 4.41. The van der Waals surface area contributed by atoms with Gasteiger partial charge in [-0.25, -0.2) is 0 Å². The summed E-state index contributed by atoms with van der Waals surface area (Å²) in [5.41, 5.74) is 7.19. The second kappa shape index (κ2) is 10.2. The van der Waals surface area contributed by atoms with Crippen LogP contribution in [-0.2, 0) is 4.79 Å². The molecule has 0 aliphatic rings. The van der Waals surface area contributed by atoms with Crippen LogP contribution in [0, 0.1) is 6.92 Å². The highest BCUT2D eigenvalue weighted by Gasteiger charge is 2.21. The summed E-state index contributed by atoms with van der Waals surface area (Å²) < 4.78 is 10.3. The molecule has 0 atom stereocenters. The lowest BCUT2D eigenvalue weighted by Crippen LogP contribution is -2.48. The van der Waals surface area contributed by atoms with E-state index in [1.807, 2.05) is 42.5 Å². The first-order chi connectivity index (χ1) is 15.0. The maximum Gasteiger partial charge on any atom is 0.275 e. The number of rotatable bonds is 5. The summed E-state index contributed by atoms with van der Waals surface area (Å²) in [6, 6.07) is 16.4. The molecular formula is C22H20N4O4S. The van der Waals surface area contributed by atoms with Crippen molar-refractivity contribution in [3.8, 4) is 17.0 Å². The maximum atomic E-state index is 12.6. The zero-order valence-corrected chi connectivity index (χ0v) is 17.7. The summed E-state index contributed by atoms with van der Waals surface area (Å²) in [6.07, 6.45) is 2.96. The van der Waals surface area contributed by atoms with E-state index >= 15 is 0 Å². The summed E-state index contributed by atoms with van der Waals surface area (Å²) in [4.78, 5) is 24.6. The van der Waals surface area contributed by atoms with Crippen molar-refractivity contribution >= 4 is 35.2 Å². The van der Waals surface area contributed by atoms with Crippen molar-refractivity contribution in [2.24, 2.45) is 0 Å². The molecule has 158 valence electrons. The van der Waals surface area contributed by atoms with Crippen LogP contribution in [0.4, 0.5) is 0 Å². The van der Waals surface area contributed by atoms with E-state index in [2.05, 4.69) is 21.3 Å². The van der Waals surface area contributed by atoms with Crippen LogP contribution in [0.5, 0.6) is 5.75 Å². The van der Waals surface area contributed by atoms with Gasteiger partial charge in [-0.05, 0) is 42.9 Å². The minimum atomic E-state index is -0.497. The number of carbonyl (C=O) groups excluding carboxylic acids is 2. The molecule has 0 saturated carbocycles. The first-order valence-corrected chi connectivity index (χ1v) is 9.64.